The molecular formula is C14H23N3O2S2. The standard InChI is InChI=1S/C14H23N3O2S2/c1-8(2)10-5-4-9(3)6-11(10)19-12(18)7-20-14-17-16-13(15)21-14/h8-11H,4-7H2,1-3H3,(H2,15,16)/t9-,10-,11-/m1/s1. The highest BCUT2D eigenvalue weighted by Gasteiger charge is 2.33. The smallest absolute Gasteiger partial charge is 0.316 e. The number of anilines is 1. The molecule has 1 saturated carbocycles. The van der Waals surface area contributed by atoms with Gasteiger partial charge in [-0.05, 0) is 30.6 Å². The molecule has 0 saturated heterocycles. The molecule has 0 amide bonds. The predicted molar refractivity (Wildman–Crippen MR) is 86.3 cm³/mol. The number of carbonyl (C=O) groups excluding carboxylic acids is 1. The molecule has 0 aliphatic heterocycles. The molecule has 0 bridgehead atoms. The van der Waals surface area contributed by atoms with E-state index in [1.165, 1.54) is 29.5 Å². The third-order valence-electron chi connectivity index (χ3n) is 3.98. The topological polar surface area (TPSA) is 78.1 Å². The Morgan fingerprint density at radius 1 is 1.48 bits per heavy atom. The Morgan fingerprint density at radius 3 is 2.86 bits per heavy atom. The summed E-state index contributed by atoms with van der Waals surface area (Å²) < 4.78 is 6.44. The number of carbonyl (C=O) groups is 1. The quantitative estimate of drug-likeness (QED) is 0.660. The van der Waals surface area contributed by atoms with Crippen LogP contribution in [-0.4, -0.2) is 28.0 Å². The molecule has 118 valence electrons. The third kappa shape index (κ3) is 4.85. The maximum Gasteiger partial charge on any atom is 0.316 e. The first-order valence-corrected chi connectivity index (χ1v) is 9.17. The number of hydrogen-bond donors (Lipinski definition) is 1. The summed E-state index contributed by atoms with van der Waals surface area (Å²) >= 11 is 2.63. The summed E-state index contributed by atoms with van der Waals surface area (Å²) in [5.41, 5.74) is 5.52. The summed E-state index contributed by atoms with van der Waals surface area (Å²) in [4.78, 5) is 12.0. The summed E-state index contributed by atoms with van der Waals surface area (Å²) in [6, 6.07) is 0. The van der Waals surface area contributed by atoms with Crippen LogP contribution in [0.15, 0.2) is 4.34 Å². The number of nitrogen functional groups attached to an aromatic ring is 1. The van der Waals surface area contributed by atoms with Gasteiger partial charge in [-0.3, -0.25) is 4.79 Å². The minimum atomic E-state index is -0.168. The molecule has 1 aliphatic rings. The van der Waals surface area contributed by atoms with Gasteiger partial charge in [-0.2, -0.15) is 0 Å². The minimum absolute atomic E-state index is 0.0568. The van der Waals surface area contributed by atoms with Crippen molar-refractivity contribution in [1.82, 2.24) is 10.2 Å². The number of esters is 1. The summed E-state index contributed by atoms with van der Waals surface area (Å²) in [6.07, 6.45) is 3.42. The van der Waals surface area contributed by atoms with E-state index in [0.29, 0.717) is 27.2 Å². The molecule has 2 N–H and O–H groups in total. The van der Waals surface area contributed by atoms with Crippen LogP contribution < -0.4 is 5.73 Å². The molecule has 1 fully saturated rings. The van der Waals surface area contributed by atoms with Crippen LogP contribution in [-0.2, 0) is 9.53 Å². The summed E-state index contributed by atoms with van der Waals surface area (Å²) in [5.74, 6) is 1.76. The van der Waals surface area contributed by atoms with E-state index in [9.17, 15) is 4.79 Å². The van der Waals surface area contributed by atoms with Crippen molar-refractivity contribution in [2.24, 2.45) is 17.8 Å². The molecule has 1 aromatic heterocycles. The Labute approximate surface area is 134 Å². The molecule has 21 heavy (non-hydrogen) atoms. The average Bonchev–Trinajstić information content (AvgIpc) is 2.82. The van der Waals surface area contributed by atoms with Gasteiger partial charge in [-0.15, -0.1) is 10.2 Å². The average molecular weight is 329 g/mol. The summed E-state index contributed by atoms with van der Waals surface area (Å²) in [7, 11) is 0. The lowest BCUT2D eigenvalue weighted by molar-refractivity contribution is -0.152. The van der Waals surface area contributed by atoms with Crippen LogP contribution in [0.25, 0.3) is 0 Å². The van der Waals surface area contributed by atoms with E-state index in [0.717, 1.165) is 12.8 Å². The fourth-order valence-electron chi connectivity index (χ4n) is 2.85. The Bertz CT molecular complexity index is 479. The Kier molecular flexibility index (Phi) is 5.87. The molecule has 1 aliphatic carbocycles. The second-order valence-corrected chi connectivity index (χ2v) is 8.28. The van der Waals surface area contributed by atoms with Gasteiger partial charge >= 0.3 is 5.97 Å². The molecule has 0 spiro atoms. The summed E-state index contributed by atoms with van der Waals surface area (Å²) in [6.45, 7) is 6.65. The first kappa shape index (κ1) is 16.5. The largest absolute Gasteiger partial charge is 0.461 e. The number of ether oxygens (including phenoxy) is 1. The number of nitrogens with zero attached hydrogens (tertiary/aromatic N) is 2. The fraction of sp³-hybridized carbons (Fsp3) is 0.786. The molecule has 0 aromatic carbocycles. The van der Waals surface area contributed by atoms with Gasteiger partial charge < -0.3 is 10.5 Å². The molecule has 5 nitrogen and oxygen atoms in total. The van der Waals surface area contributed by atoms with E-state index < -0.39 is 0 Å². The molecule has 1 aromatic rings. The van der Waals surface area contributed by atoms with Crippen LogP contribution in [0, 0.1) is 17.8 Å². The lowest BCUT2D eigenvalue weighted by Gasteiger charge is -2.36. The number of rotatable bonds is 5. The molecular weight excluding hydrogens is 306 g/mol. The van der Waals surface area contributed by atoms with Gasteiger partial charge in [-0.25, -0.2) is 0 Å². The highest BCUT2D eigenvalue weighted by atomic mass is 32.2. The minimum Gasteiger partial charge on any atom is -0.461 e. The predicted octanol–water partition coefficient (Wildman–Crippen LogP) is 3.22. The van der Waals surface area contributed by atoms with Crippen LogP contribution in [0.2, 0.25) is 0 Å². The maximum absolute atomic E-state index is 12.0. The van der Waals surface area contributed by atoms with Crippen molar-refractivity contribution in [1.29, 1.82) is 0 Å². The Morgan fingerprint density at radius 2 is 2.24 bits per heavy atom. The van der Waals surface area contributed by atoms with Crippen LogP contribution in [0.1, 0.15) is 40.0 Å². The maximum atomic E-state index is 12.0. The Hall–Kier alpha value is -0.820. The van der Waals surface area contributed by atoms with Crippen molar-refractivity contribution in [3.63, 3.8) is 0 Å². The fourth-order valence-corrected chi connectivity index (χ4v) is 4.27. The SMILES string of the molecule is CC(C)[C@H]1CC[C@@H](C)C[C@H]1OC(=O)CSc1nnc(N)s1. The van der Waals surface area contributed by atoms with Crippen molar-refractivity contribution in [3.05, 3.63) is 0 Å². The van der Waals surface area contributed by atoms with Gasteiger partial charge in [0.15, 0.2) is 4.34 Å². The molecule has 7 heteroatoms. The zero-order chi connectivity index (χ0) is 15.4. The second kappa shape index (κ2) is 7.45. The number of aromatic nitrogens is 2. The van der Waals surface area contributed by atoms with Crippen molar-refractivity contribution >= 4 is 34.2 Å². The van der Waals surface area contributed by atoms with E-state index in [4.69, 9.17) is 10.5 Å². The normalized spacial score (nSPS) is 26.0. The monoisotopic (exact) mass is 329 g/mol. The van der Waals surface area contributed by atoms with Gasteiger partial charge in [0, 0.05) is 0 Å². The van der Waals surface area contributed by atoms with E-state index in [1.54, 1.807) is 0 Å². The number of thioether (sulfide) groups is 1. The van der Waals surface area contributed by atoms with E-state index in [-0.39, 0.29) is 17.8 Å². The molecule has 0 unspecified atom stereocenters. The zero-order valence-corrected chi connectivity index (χ0v) is 14.4. The highest BCUT2D eigenvalue weighted by molar-refractivity contribution is 8.01. The van der Waals surface area contributed by atoms with Crippen molar-refractivity contribution in [2.75, 3.05) is 11.5 Å². The van der Waals surface area contributed by atoms with Crippen molar-refractivity contribution in [3.8, 4) is 0 Å². The van der Waals surface area contributed by atoms with Crippen molar-refractivity contribution < 1.29 is 9.53 Å². The first-order chi connectivity index (χ1) is 9.95. The van der Waals surface area contributed by atoms with Crippen LogP contribution >= 0.6 is 23.1 Å². The summed E-state index contributed by atoms with van der Waals surface area (Å²) in [5, 5.41) is 8.04. The van der Waals surface area contributed by atoms with Gasteiger partial charge in [0.1, 0.15) is 6.10 Å². The first-order valence-electron chi connectivity index (χ1n) is 7.37. The molecule has 1 heterocycles. The van der Waals surface area contributed by atoms with Gasteiger partial charge in [0.05, 0.1) is 5.75 Å². The van der Waals surface area contributed by atoms with Crippen molar-refractivity contribution in [2.45, 2.75) is 50.5 Å². The molecule has 2 rings (SSSR count). The lowest BCUT2D eigenvalue weighted by Crippen LogP contribution is -2.36. The van der Waals surface area contributed by atoms with Gasteiger partial charge in [0.25, 0.3) is 0 Å². The third-order valence-corrected chi connectivity index (χ3v) is 5.84. The number of hydrogen-bond acceptors (Lipinski definition) is 7. The van der Waals surface area contributed by atoms with E-state index in [2.05, 4.69) is 31.0 Å². The van der Waals surface area contributed by atoms with Crippen LogP contribution in [0.4, 0.5) is 5.13 Å². The number of nitrogens with two attached hydrogens (primary N) is 1. The molecule has 3 atom stereocenters. The lowest BCUT2D eigenvalue weighted by atomic mass is 9.75. The van der Waals surface area contributed by atoms with Gasteiger partial charge in [-0.1, -0.05) is 50.3 Å². The Balaban J connectivity index is 1.84. The second-order valence-electron chi connectivity index (χ2n) is 6.05. The highest BCUT2D eigenvalue weighted by Crippen LogP contribution is 2.35. The van der Waals surface area contributed by atoms with E-state index in [1.807, 2.05) is 0 Å². The zero-order valence-electron chi connectivity index (χ0n) is 12.7. The van der Waals surface area contributed by atoms with E-state index >= 15 is 0 Å². The van der Waals surface area contributed by atoms with Gasteiger partial charge in [0.2, 0.25) is 5.13 Å². The van der Waals surface area contributed by atoms with Crippen LogP contribution in [0.5, 0.6) is 0 Å². The molecule has 0 radical (unpaired) electrons. The van der Waals surface area contributed by atoms with Crippen LogP contribution in [0.3, 0.4) is 0 Å².